The van der Waals surface area contributed by atoms with Gasteiger partial charge in [0.2, 0.25) is 0 Å². The fourth-order valence-corrected chi connectivity index (χ4v) is 4.67. The molecule has 0 aliphatic heterocycles. The molecule has 7 nitrogen and oxygen atoms in total. The number of rotatable bonds is 8. The number of carbonyl (C=O) groups is 1. The Kier molecular flexibility index (Phi) is 7.28. The largest absolute Gasteiger partial charge is 0.493 e. The fraction of sp³-hybridized carbons (Fsp3) is 0.240. The Morgan fingerprint density at radius 2 is 1.52 bits per heavy atom. The van der Waals surface area contributed by atoms with E-state index in [0.717, 1.165) is 15.4 Å². The van der Waals surface area contributed by atoms with Crippen LogP contribution in [0.15, 0.2) is 71.6 Å². The fourth-order valence-electron chi connectivity index (χ4n) is 3.46. The van der Waals surface area contributed by atoms with Crippen molar-refractivity contribution in [1.82, 2.24) is 4.90 Å². The number of hydrogen-bond acceptors (Lipinski definition) is 5. The number of benzene rings is 3. The van der Waals surface area contributed by atoms with Crippen LogP contribution in [-0.4, -0.2) is 47.5 Å². The van der Waals surface area contributed by atoms with Crippen LogP contribution in [0.3, 0.4) is 0 Å². The van der Waals surface area contributed by atoms with E-state index in [1.54, 1.807) is 75.9 Å². The Balaban J connectivity index is 1.89. The Morgan fingerprint density at radius 3 is 2.15 bits per heavy atom. The van der Waals surface area contributed by atoms with Crippen LogP contribution in [0.25, 0.3) is 0 Å². The van der Waals surface area contributed by atoms with Gasteiger partial charge in [-0.3, -0.25) is 9.10 Å². The van der Waals surface area contributed by atoms with Crippen molar-refractivity contribution in [2.24, 2.45) is 0 Å². The number of sulfonamides is 1. The summed E-state index contributed by atoms with van der Waals surface area (Å²) in [4.78, 5) is 15.0. The van der Waals surface area contributed by atoms with Crippen LogP contribution in [0.2, 0.25) is 0 Å². The second-order valence-corrected chi connectivity index (χ2v) is 9.62. The van der Waals surface area contributed by atoms with E-state index in [1.807, 2.05) is 19.1 Å². The highest BCUT2D eigenvalue weighted by Gasteiger charge is 2.26. The van der Waals surface area contributed by atoms with E-state index in [9.17, 15) is 13.2 Å². The maximum atomic E-state index is 13.3. The maximum absolute atomic E-state index is 13.3. The molecule has 3 rings (SSSR count). The summed E-state index contributed by atoms with van der Waals surface area (Å²) in [6.07, 6.45) is 0. The highest BCUT2D eigenvalue weighted by atomic mass is 32.2. The van der Waals surface area contributed by atoms with Gasteiger partial charge < -0.3 is 14.4 Å². The van der Waals surface area contributed by atoms with Crippen molar-refractivity contribution >= 4 is 21.6 Å². The van der Waals surface area contributed by atoms with E-state index in [-0.39, 0.29) is 10.8 Å². The minimum Gasteiger partial charge on any atom is -0.493 e. The Hall–Kier alpha value is -3.52. The molecule has 0 saturated carbocycles. The van der Waals surface area contributed by atoms with Crippen LogP contribution < -0.4 is 13.8 Å². The van der Waals surface area contributed by atoms with Crippen LogP contribution in [0.4, 0.5) is 5.69 Å². The minimum atomic E-state index is -3.83. The first-order valence-corrected chi connectivity index (χ1v) is 11.7. The van der Waals surface area contributed by atoms with Crippen molar-refractivity contribution in [3.05, 3.63) is 83.4 Å². The van der Waals surface area contributed by atoms with Gasteiger partial charge >= 0.3 is 0 Å². The van der Waals surface area contributed by atoms with E-state index >= 15 is 0 Å². The number of nitrogens with zero attached hydrogens (tertiary/aromatic N) is 2. The summed E-state index contributed by atoms with van der Waals surface area (Å²) in [6.45, 7) is 2.20. The van der Waals surface area contributed by atoms with Gasteiger partial charge in [0, 0.05) is 20.6 Å². The number of carbonyl (C=O) groups excluding carboxylic acids is 1. The van der Waals surface area contributed by atoms with Gasteiger partial charge in [-0.1, -0.05) is 35.9 Å². The Morgan fingerprint density at radius 1 is 0.879 bits per heavy atom. The number of para-hydroxylation sites is 1. The zero-order valence-electron chi connectivity index (χ0n) is 19.4. The van der Waals surface area contributed by atoms with Gasteiger partial charge in [-0.05, 0) is 48.9 Å². The smallest absolute Gasteiger partial charge is 0.264 e. The number of ether oxygens (including phenoxy) is 2. The maximum Gasteiger partial charge on any atom is 0.264 e. The lowest BCUT2D eigenvalue weighted by atomic mass is 10.1. The quantitative estimate of drug-likeness (QED) is 0.497. The summed E-state index contributed by atoms with van der Waals surface area (Å²) in [7, 11) is 2.40. The monoisotopic (exact) mass is 468 g/mol. The normalized spacial score (nSPS) is 11.1. The molecule has 0 aliphatic carbocycles. The summed E-state index contributed by atoms with van der Waals surface area (Å²) < 4.78 is 38.1. The summed E-state index contributed by atoms with van der Waals surface area (Å²) in [5.74, 6) is 0.870. The first-order valence-electron chi connectivity index (χ1n) is 10.3. The van der Waals surface area contributed by atoms with Crippen molar-refractivity contribution in [2.75, 3.05) is 32.6 Å². The van der Waals surface area contributed by atoms with Gasteiger partial charge in [0.1, 0.15) is 0 Å². The minimum absolute atomic E-state index is 0.163. The molecule has 0 aliphatic rings. The summed E-state index contributed by atoms with van der Waals surface area (Å²) in [6, 6.07) is 18.7. The third-order valence-electron chi connectivity index (χ3n) is 5.37. The number of methoxy groups -OCH3 is 2. The van der Waals surface area contributed by atoms with E-state index in [0.29, 0.717) is 29.3 Å². The zero-order valence-corrected chi connectivity index (χ0v) is 20.2. The number of anilines is 1. The summed E-state index contributed by atoms with van der Waals surface area (Å²) >= 11 is 0. The number of aryl methyl sites for hydroxylation is 1. The van der Waals surface area contributed by atoms with E-state index < -0.39 is 10.0 Å². The SMILES string of the molecule is COc1ccc(CN(C)C(=O)c2ccccc2N(C)S(=O)(=O)c2ccc(C)cc2)cc1OC. The molecule has 0 radical (unpaired) electrons. The predicted octanol–water partition coefficient (Wildman–Crippen LogP) is 4.11. The van der Waals surface area contributed by atoms with Crippen molar-refractivity contribution in [3.8, 4) is 11.5 Å². The Bertz CT molecular complexity index is 1240. The summed E-state index contributed by atoms with van der Waals surface area (Å²) in [5, 5.41) is 0. The van der Waals surface area contributed by atoms with Crippen molar-refractivity contribution < 1.29 is 22.7 Å². The van der Waals surface area contributed by atoms with Gasteiger partial charge in [0.05, 0.1) is 30.4 Å². The van der Waals surface area contributed by atoms with Gasteiger partial charge in [0.25, 0.3) is 15.9 Å². The first-order chi connectivity index (χ1) is 15.7. The molecule has 174 valence electrons. The van der Waals surface area contributed by atoms with Gasteiger partial charge in [-0.25, -0.2) is 8.42 Å². The highest BCUT2D eigenvalue weighted by molar-refractivity contribution is 7.92. The van der Waals surface area contributed by atoms with E-state index in [4.69, 9.17) is 9.47 Å². The van der Waals surface area contributed by atoms with Gasteiger partial charge in [0.15, 0.2) is 11.5 Å². The predicted molar refractivity (Wildman–Crippen MR) is 129 cm³/mol. The van der Waals surface area contributed by atoms with E-state index in [1.165, 1.54) is 11.9 Å². The second-order valence-electron chi connectivity index (χ2n) is 7.65. The van der Waals surface area contributed by atoms with Crippen LogP contribution in [0.5, 0.6) is 11.5 Å². The molecule has 0 atom stereocenters. The Labute approximate surface area is 195 Å². The molecule has 0 spiro atoms. The third-order valence-corrected chi connectivity index (χ3v) is 7.15. The molecule has 3 aromatic carbocycles. The molecule has 8 heteroatoms. The molecule has 0 unspecified atom stereocenters. The van der Waals surface area contributed by atoms with Crippen LogP contribution in [-0.2, 0) is 16.6 Å². The van der Waals surface area contributed by atoms with Crippen molar-refractivity contribution in [2.45, 2.75) is 18.4 Å². The molecule has 0 saturated heterocycles. The molecule has 0 aromatic heterocycles. The third kappa shape index (κ3) is 5.12. The molecule has 0 N–H and O–H groups in total. The highest BCUT2D eigenvalue weighted by Crippen LogP contribution is 2.29. The molecule has 0 heterocycles. The molecule has 33 heavy (non-hydrogen) atoms. The standard InChI is InChI=1S/C25H28N2O5S/c1-18-10-13-20(14-11-18)33(29,30)27(3)22-9-7-6-8-21(22)25(28)26(2)17-19-12-15-23(31-4)24(16-19)32-5/h6-16H,17H2,1-5H3. The van der Waals surface area contributed by atoms with Gasteiger partial charge in [-0.15, -0.1) is 0 Å². The van der Waals surface area contributed by atoms with Gasteiger partial charge in [-0.2, -0.15) is 0 Å². The molecule has 1 amide bonds. The zero-order chi connectivity index (χ0) is 24.2. The second kappa shape index (κ2) is 9.95. The first kappa shape index (κ1) is 24.1. The van der Waals surface area contributed by atoms with Crippen molar-refractivity contribution in [1.29, 1.82) is 0 Å². The average Bonchev–Trinajstić information content (AvgIpc) is 2.83. The number of hydrogen-bond donors (Lipinski definition) is 0. The number of amides is 1. The lowest BCUT2D eigenvalue weighted by molar-refractivity contribution is 0.0786. The van der Waals surface area contributed by atoms with Crippen LogP contribution in [0.1, 0.15) is 21.5 Å². The molecule has 3 aromatic rings. The summed E-state index contributed by atoms with van der Waals surface area (Å²) in [5.41, 5.74) is 2.41. The molecular weight excluding hydrogens is 440 g/mol. The lowest BCUT2D eigenvalue weighted by Gasteiger charge is -2.24. The average molecular weight is 469 g/mol. The van der Waals surface area contributed by atoms with Crippen LogP contribution in [0, 0.1) is 6.92 Å². The van der Waals surface area contributed by atoms with E-state index in [2.05, 4.69) is 0 Å². The lowest BCUT2D eigenvalue weighted by Crippen LogP contribution is -2.31. The molecular formula is C25H28N2O5S. The topological polar surface area (TPSA) is 76.2 Å². The molecule has 0 bridgehead atoms. The van der Waals surface area contributed by atoms with Crippen molar-refractivity contribution in [3.63, 3.8) is 0 Å². The van der Waals surface area contributed by atoms with Crippen LogP contribution >= 0.6 is 0 Å². The molecule has 0 fully saturated rings.